The molecule has 0 aromatic rings. The van der Waals surface area contributed by atoms with E-state index in [0.29, 0.717) is 19.4 Å². The SMILES string of the molecule is CCCCCC/C=C\C/C=C\CCCCCCCC(=O)OCC/C=C\C/C=C\CCCCCCCCCCCCCCCCC(=O)NC(COC1OC(CO)C(O)C(O)C1O)C(O)/C=C/CCCCCCCCC. The number of ether oxygens (including phenoxy) is 3. The smallest absolute Gasteiger partial charge is 0.305 e. The maximum atomic E-state index is 13.0. The van der Waals surface area contributed by atoms with Crippen molar-refractivity contribution in [1.82, 2.24) is 5.32 Å². The first kappa shape index (κ1) is 69.4. The Morgan fingerprint density at radius 1 is 0.500 bits per heavy atom. The predicted octanol–water partition coefficient (Wildman–Crippen LogP) is 14.2. The summed E-state index contributed by atoms with van der Waals surface area (Å²) in [5.74, 6) is -0.253. The van der Waals surface area contributed by atoms with Gasteiger partial charge >= 0.3 is 5.97 Å². The molecule has 0 bridgehead atoms. The van der Waals surface area contributed by atoms with Gasteiger partial charge in [0.05, 0.1) is 32.0 Å². The van der Waals surface area contributed by atoms with Gasteiger partial charge in [-0.25, -0.2) is 0 Å². The molecule has 11 heteroatoms. The van der Waals surface area contributed by atoms with E-state index in [4.69, 9.17) is 14.2 Å². The molecule has 1 rings (SSSR count). The van der Waals surface area contributed by atoms with E-state index in [1.807, 2.05) is 6.08 Å². The lowest BCUT2D eigenvalue weighted by atomic mass is 9.99. The summed E-state index contributed by atoms with van der Waals surface area (Å²) in [7, 11) is 0. The number of unbranched alkanes of at least 4 members (excludes halogenated alkanes) is 30. The molecule has 74 heavy (non-hydrogen) atoms. The van der Waals surface area contributed by atoms with Crippen LogP contribution in [0, 0.1) is 0 Å². The van der Waals surface area contributed by atoms with Gasteiger partial charge in [-0.15, -0.1) is 0 Å². The third-order valence-corrected chi connectivity index (χ3v) is 14.1. The molecular weight excluding hydrogens is 931 g/mol. The maximum absolute atomic E-state index is 13.0. The van der Waals surface area contributed by atoms with Crippen molar-refractivity contribution in [2.45, 2.75) is 307 Å². The summed E-state index contributed by atoms with van der Waals surface area (Å²) in [5.41, 5.74) is 0. The van der Waals surface area contributed by atoms with Crippen molar-refractivity contribution < 1.29 is 49.3 Å². The van der Waals surface area contributed by atoms with Crippen LogP contribution < -0.4 is 5.32 Å². The average Bonchev–Trinajstić information content (AvgIpc) is 3.40. The number of allylic oxidation sites excluding steroid dienone is 8. The molecule has 0 saturated carbocycles. The second-order valence-electron chi connectivity index (χ2n) is 21.0. The molecule has 1 saturated heterocycles. The van der Waals surface area contributed by atoms with Crippen LogP contribution in [-0.2, 0) is 23.8 Å². The second kappa shape index (κ2) is 52.4. The van der Waals surface area contributed by atoms with Gasteiger partial charge in [-0.05, 0) is 83.5 Å². The summed E-state index contributed by atoms with van der Waals surface area (Å²) >= 11 is 0. The first-order valence-electron chi connectivity index (χ1n) is 30.6. The standard InChI is InChI=1S/C63H113NO10/c1-3-5-7-9-11-13-14-15-16-25-28-31-35-39-43-47-51-59(68)72-52-48-44-40-36-32-29-26-23-21-19-17-18-20-22-24-27-30-34-38-42-46-50-58(67)64-55(56(66)49-45-41-37-33-12-10-8-6-4-2)54-73-63-62(71)61(70)60(69)57(53-65)74-63/h13-14,16,25,29,32,40,44-45,49,55-57,60-63,65-66,69-71H,3-12,15,17-24,26-28,30-31,33-39,41-43,46-48,50-54H2,1-2H3,(H,64,67)/b14-13-,25-16-,32-29-,44-40-,49-45+. The molecule has 0 radical (unpaired) electrons. The lowest BCUT2D eigenvalue weighted by molar-refractivity contribution is -0.302. The molecule has 11 nitrogen and oxygen atoms in total. The minimum atomic E-state index is -1.57. The lowest BCUT2D eigenvalue weighted by Gasteiger charge is -2.40. The van der Waals surface area contributed by atoms with Crippen LogP contribution >= 0.6 is 0 Å². The van der Waals surface area contributed by atoms with Gasteiger partial charge in [0.1, 0.15) is 24.4 Å². The first-order valence-corrected chi connectivity index (χ1v) is 30.6. The average molecular weight is 1040 g/mol. The van der Waals surface area contributed by atoms with E-state index in [9.17, 15) is 35.1 Å². The third kappa shape index (κ3) is 41.5. The van der Waals surface area contributed by atoms with Crippen LogP contribution in [0.4, 0.5) is 0 Å². The quantitative estimate of drug-likeness (QED) is 0.0195. The molecular formula is C63H113NO10. The Labute approximate surface area is 452 Å². The van der Waals surface area contributed by atoms with Gasteiger partial charge < -0.3 is 45.1 Å². The van der Waals surface area contributed by atoms with E-state index in [1.165, 1.54) is 154 Å². The summed E-state index contributed by atoms with van der Waals surface area (Å²) in [6, 6.07) is -0.814. The molecule has 430 valence electrons. The van der Waals surface area contributed by atoms with Crippen LogP contribution in [0.15, 0.2) is 60.8 Å². The van der Waals surface area contributed by atoms with Crippen molar-refractivity contribution in [2.75, 3.05) is 19.8 Å². The number of rotatable bonds is 52. The van der Waals surface area contributed by atoms with E-state index in [1.54, 1.807) is 6.08 Å². The minimum absolute atomic E-state index is 0.0627. The zero-order chi connectivity index (χ0) is 53.8. The van der Waals surface area contributed by atoms with Gasteiger partial charge in [0, 0.05) is 12.8 Å². The number of hydrogen-bond donors (Lipinski definition) is 6. The Hall–Kier alpha value is -2.64. The Kier molecular flexibility index (Phi) is 49.1. The van der Waals surface area contributed by atoms with Crippen molar-refractivity contribution in [2.24, 2.45) is 0 Å². The van der Waals surface area contributed by atoms with Gasteiger partial charge in [0.15, 0.2) is 6.29 Å². The number of esters is 1. The molecule has 7 unspecified atom stereocenters. The number of aliphatic hydroxyl groups excluding tert-OH is 5. The van der Waals surface area contributed by atoms with E-state index >= 15 is 0 Å². The summed E-state index contributed by atoms with van der Waals surface area (Å²) < 4.78 is 16.6. The van der Waals surface area contributed by atoms with E-state index in [-0.39, 0.29) is 18.5 Å². The molecule has 1 heterocycles. The molecule has 7 atom stereocenters. The van der Waals surface area contributed by atoms with Gasteiger partial charge in [0.25, 0.3) is 0 Å². The van der Waals surface area contributed by atoms with Crippen LogP contribution in [0.2, 0.25) is 0 Å². The summed E-state index contributed by atoms with van der Waals surface area (Å²) in [6.45, 7) is 4.17. The second-order valence-corrected chi connectivity index (χ2v) is 21.0. The largest absolute Gasteiger partial charge is 0.465 e. The number of aliphatic hydroxyl groups is 5. The van der Waals surface area contributed by atoms with Crippen molar-refractivity contribution in [3.8, 4) is 0 Å². The lowest BCUT2D eigenvalue weighted by Crippen LogP contribution is -2.60. The Balaban J connectivity index is 2.03. The third-order valence-electron chi connectivity index (χ3n) is 14.1. The number of hydrogen-bond acceptors (Lipinski definition) is 10. The molecule has 1 aliphatic heterocycles. The zero-order valence-electron chi connectivity index (χ0n) is 47.3. The number of carbonyl (C=O) groups excluding carboxylic acids is 2. The van der Waals surface area contributed by atoms with Gasteiger partial charge in [-0.1, -0.05) is 229 Å². The highest BCUT2D eigenvalue weighted by Crippen LogP contribution is 2.23. The Morgan fingerprint density at radius 2 is 0.905 bits per heavy atom. The number of nitrogens with one attached hydrogen (secondary N) is 1. The summed E-state index contributed by atoms with van der Waals surface area (Å²) in [5, 5.41) is 54.2. The maximum Gasteiger partial charge on any atom is 0.305 e. The van der Waals surface area contributed by atoms with Crippen LogP contribution in [0.25, 0.3) is 0 Å². The summed E-state index contributed by atoms with van der Waals surface area (Å²) in [6.07, 6.45) is 57.7. The Morgan fingerprint density at radius 3 is 1.38 bits per heavy atom. The van der Waals surface area contributed by atoms with E-state index in [0.717, 1.165) is 83.5 Å². The monoisotopic (exact) mass is 1040 g/mol. The van der Waals surface area contributed by atoms with Gasteiger partial charge in [-0.3, -0.25) is 9.59 Å². The Bertz CT molecular complexity index is 1410. The zero-order valence-corrected chi connectivity index (χ0v) is 47.3. The molecule has 0 aromatic heterocycles. The molecule has 1 amide bonds. The highest BCUT2D eigenvalue weighted by Gasteiger charge is 2.44. The first-order chi connectivity index (χ1) is 36.2. The van der Waals surface area contributed by atoms with Crippen LogP contribution in [-0.4, -0.2) is 100 Å². The fraction of sp³-hybridized carbons (Fsp3) is 0.810. The number of carbonyl (C=O) groups is 2. The number of amides is 1. The van der Waals surface area contributed by atoms with Crippen molar-refractivity contribution >= 4 is 11.9 Å². The van der Waals surface area contributed by atoms with Crippen LogP contribution in [0.5, 0.6) is 0 Å². The fourth-order valence-electron chi connectivity index (χ4n) is 9.24. The molecule has 1 fully saturated rings. The van der Waals surface area contributed by atoms with E-state index in [2.05, 4.69) is 67.8 Å². The van der Waals surface area contributed by atoms with Crippen molar-refractivity contribution in [3.63, 3.8) is 0 Å². The molecule has 6 N–H and O–H groups in total. The molecule has 0 aromatic carbocycles. The van der Waals surface area contributed by atoms with Crippen molar-refractivity contribution in [3.05, 3.63) is 60.8 Å². The van der Waals surface area contributed by atoms with E-state index < -0.39 is 49.5 Å². The van der Waals surface area contributed by atoms with Crippen LogP contribution in [0.1, 0.15) is 264 Å². The highest BCUT2D eigenvalue weighted by atomic mass is 16.7. The molecule has 0 aliphatic carbocycles. The molecule has 1 aliphatic rings. The minimum Gasteiger partial charge on any atom is -0.465 e. The van der Waals surface area contributed by atoms with Crippen molar-refractivity contribution in [1.29, 1.82) is 0 Å². The molecule has 0 spiro atoms. The normalized spacial score (nSPS) is 19.3. The van der Waals surface area contributed by atoms with Crippen LogP contribution in [0.3, 0.4) is 0 Å². The topological polar surface area (TPSA) is 175 Å². The van der Waals surface area contributed by atoms with Gasteiger partial charge in [-0.2, -0.15) is 0 Å². The fourth-order valence-corrected chi connectivity index (χ4v) is 9.24. The highest BCUT2D eigenvalue weighted by molar-refractivity contribution is 5.76. The van der Waals surface area contributed by atoms with Gasteiger partial charge in [0.2, 0.25) is 5.91 Å². The summed E-state index contributed by atoms with van der Waals surface area (Å²) in [4.78, 5) is 25.0. The predicted molar refractivity (Wildman–Crippen MR) is 306 cm³/mol.